The van der Waals surface area contributed by atoms with E-state index in [1.54, 1.807) is 23.1 Å². The third kappa shape index (κ3) is 4.33. The van der Waals surface area contributed by atoms with Crippen molar-refractivity contribution in [1.82, 2.24) is 10.2 Å². The Morgan fingerprint density at radius 2 is 1.96 bits per heavy atom. The van der Waals surface area contributed by atoms with Crippen LogP contribution >= 0.6 is 23.2 Å². The van der Waals surface area contributed by atoms with Crippen LogP contribution in [0.1, 0.15) is 42.5 Å². The molecular formula is C19H25Cl2N3O2. The summed E-state index contributed by atoms with van der Waals surface area (Å²) in [6, 6.07) is 5.05. The highest BCUT2D eigenvalue weighted by molar-refractivity contribution is 6.42. The average Bonchev–Trinajstić information content (AvgIpc) is 3.10. The molecule has 1 heterocycles. The molecule has 1 saturated carbocycles. The highest BCUT2D eigenvalue weighted by Crippen LogP contribution is 2.27. The molecule has 3 N–H and O–H groups in total. The fraction of sp³-hybridized carbons (Fsp3) is 0.579. The van der Waals surface area contributed by atoms with Gasteiger partial charge in [0.2, 0.25) is 5.91 Å². The predicted molar refractivity (Wildman–Crippen MR) is 103 cm³/mol. The summed E-state index contributed by atoms with van der Waals surface area (Å²) in [7, 11) is 0. The van der Waals surface area contributed by atoms with Crippen LogP contribution in [-0.2, 0) is 4.79 Å². The standard InChI is InChI=1S/C19H25Cl2N3O2/c20-15-7-6-12(9-16(15)21)19(26)24-8-2-4-14(11-24)18(25)23-17-5-1-3-13(17)10-22/h6-7,9,13-14,17H,1-5,8,10-11,22H2,(H,23,25). The van der Waals surface area contributed by atoms with E-state index in [0.717, 1.165) is 32.1 Å². The zero-order valence-electron chi connectivity index (χ0n) is 14.7. The minimum atomic E-state index is -0.172. The van der Waals surface area contributed by atoms with Crippen molar-refractivity contribution >= 4 is 35.0 Å². The lowest BCUT2D eigenvalue weighted by atomic mass is 9.95. The van der Waals surface area contributed by atoms with Gasteiger partial charge in [-0.1, -0.05) is 29.6 Å². The normalized spacial score (nSPS) is 26.0. The van der Waals surface area contributed by atoms with Gasteiger partial charge in [0.25, 0.3) is 5.91 Å². The van der Waals surface area contributed by atoms with Gasteiger partial charge in [0.15, 0.2) is 0 Å². The van der Waals surface area contributed by atoms with Crippen LogP contribution in [-0.4, -0.2) is 42.4 Å². The lowest BCUT2D eigenvalue weighted by Gasteiger charge is -2.33. The SMILES string of the molecule is NCC1CCCC1NC(=O)C1CCCN(C(=O)c2ccc(Cl)c(Cl)c2)C1. The summed E-state index contributed by atoms with van der Waals surface area (Å²) >= 11 is 11.9. The fourth-order valence-electron chi connectivity index (χ4n) is 4.00. The Morgan fingerprint density at radius 3 is 2.69 bits per heavy atom. The van der Waals surface area contributed by atoms with Crippen LogP contribution in [0.15, 0.2) is 18.2 Å². The van der Waals surface area contributed by atoms with Crippen LogP contribution in [0, 0.1) is 11.8 Å². The number of hydrogen-bond acceptors (Lipinski definition) is 3. The molecule has 0 aromatic heterocycles. The van der Waals surface area contributed by atoms with Crippen LogP contribution in [0.2, 0.25) is 10.0 Å². The molecule has 142 valence electrons. The zero-order valence-corrected chi connectivity index (χ0v) is 16.2. The first-order valence-electron chi connectivity index (χ1n) is 9.24. The Kier molecular flexibility index (Phi) is 6.43. The van der Waals surface area contributed by atoms with Gasteiger partial charge in [0.05, 0.1) is 16.0 Å². The van der Waals surface area contributed by atoms with Gasteiger partial charge in [-0.15, -0.1) is 0 Å². The van der Waals surface area contributed by atoms with E-state index in [0.29, 0.717) is 41.2 Å². The van der Waals surface area contributed by atoms with Crippen LogP contribution in [0.3, 0.4) is 0 Å². The summed E-state index contributed by atoms with van der Waals surface area (Å²) in [5.74, 6) is 0.134. The van der Waals surface area contributed by atoms with E-state index < -0.39 is 0 Å². The van der Waals surface area contributed by atoms with Gasteiger partial charge in [0.1, 0.15) is 0 Å². The van der Waals surface area contributed by atoms with Crippen molar-refractivity contribution in [2.45, 2.75) is 38.1 Å². The Morgan fingerprint density at radius 1 is 1.15 bits per heavy atom. The summed E-state index contributed by atoms with van der Waals surface area (Å²) in [4.78, 5) is 27.2. The molecule has 3 unspecified atom stereocenters. The van der Waals surface area contributed by atoms with E-state index in [4.69, 9.17) is 28.9 Å². The van der Waals surface area contributed by atoms with Gasteiger partial charge in [0, 0.05) is 24.7 Å². The van der Waals surface area contributed by atoms with Gasteiger partial charge in [-0.3, -0.25) is 9.59 Å². The van der Waals surface area contributed by atoms with Gasteiger partial charge in [-0.05, 0) is 56.3 Å². The first kappa shape index (κ1) is 19.5. The molecule has 2 fully saturated rings. The molecule has 0 bridgehead atoms. The maximum absolute atomic E-state index is 12.8. The largest absolute Gasteiger partial charge is 0.353 e. The summed E-state index contributed by atoms with van der Waals surface area (Å²) in [6.07, 6.45) is 4.80. The molecule has 5 nitrogen and oxygen atoms in total. The Labute approximate surface area is 164 Å². The number of benzene rings is 1. The summed E-state index contributed by atoms with van der Waals surface area (Å²) in [5, 5.41) is 3.95. The third-order valence-corrected chi connectivity index (χ3v) is 6.27. The van der Waals surface area contributed by atoms with Crippen molar-refractivity contribution in [2.24, 2.45) is 17.6 Å². The summed E-state index contributed by atoms with van der Waals surface area (Å²) < 4.78 is 0. The summed E-state index contributed by atoms with van der Waals surface area (Å²) in [6.45, 7) is 1.69. The number of carbonyl (C=O) groups is 2. The molecule has 2 amide bonds. The van der Waals surface area contributed by atoms with Crippen molar-refractivity contribution in [3.05, 3.63) is 33.8 Å². The maximum atomic E-state index is 12.8. The lowest BCUT2D eigenvalue weighted by molar-refractivity contribution is -0.127. The van der Waals surface area contributed by atoms with Crippen molar-refractivity contribution in [1.29, 1.82) is 0 Å². The second-order valence-electron chi connectivity index (χ2n) is 7.26. The number of likely N-dealkylation sites (tertiary alicyclic amines) is 1. The minimum Gasteiger partial charge on any atom is -0.353 e. The number of rotatable bonds is 4. The number of nitrogens with two attached hydrogens (primary N) is 1. The highest BCUT2D eigenvalue weighted by atomic mass is 35.5. The monoisotopic (exact) mass is 397 g/mol. The van der Waals surface area contributed by atoms with Crippen molar-refractivity contribution in [3.8, 4) is 0 Å². The van der Waals surface area contributed by atoms with Crippen molar-refractivity contribution in [3.63, 3.8) is 0 Å². The zero-order chi connectivity index (χ0) is 18.7. The van der Waals surface area contributed by atoms with Gasteiger partial charge >= 0.3 is 0 Å². The van der Waals surface area contributed by atoms with E-state index in [9.17, 15) is 9.59 Å². The Bertz CT molecular complexity index is 683. The van der Waals surface area contributed by atoms with Gasteiger partial charge < -0.3 is 16.0 Å². The smallest absolute Gasteiger partial charge is 0.253 e. The minimum absolute atomic E-state index is 0.0435. The summed E-state index contributed by atoms with van der Waals surface area (Å²) in [5.41, 5.74) is 6.30. The topological polar surface area (TPSA) is 75.4 Å². The van der Waals surface area contributed by atoms with Crippen LogP contribution in [0.4, 0.5) is 0 Å². The quantitative estimate of drug-likeness (QED) is 0.819. The molecule has 1 aliphatic heterocycles. The van der Waals surface area contributed by atoms with Crippen LogP contribution in [0.25, 0.3) is 0 Å². The van der Waals surface area contributed by atoms with E-state index in [1.807, 2.05) is 0 Å². The molecule has 2 aliphatic rings. The van der Waals surface area contributed by atoms with Gasteiger partial charge in [-0.25, -0.2) is 0 Å². The number of piperidine rings is 1. The second kappa shape index (κ2) is 8.59. The highest BCUT2D eigenvalue weighted by Gasteiger charge is 2.33. The Hall–Kier alpha value is -1.30. The molecular weight excluding hydrogens is 373 g/mol. The molecule has 1 saturated heterocycles. The molecule has 0 spiro atoms. The molecule has 3 rings (SSSR count). The average molecular weight is 398 g/mol. The predicted octanol–water partition coefficient (Wildman–Crippen LogP) is 3.09. The molecule has 26 heavy (non-hydrogen) atoms. The number of nitrogens with one attached hydrogen (secondary N) is 1. The molecule has 3 atom stereocenters. The molecule has 7 heteroatoms. The van der Waals surface area contributed by atoms with E-state index in [2.05, 4.69) is 5.32 Å². The van der Waals surface area contributed by atoms with Crippen molar-refractivity contribution in [2.75, 3.05) is 19.6 Å². The molecule has 1 aromatic rings. The first-order valence-corrected chi connectivity index (χ1v) is 10.00. The third-order valence-electron chi connectivity index (χ3n) is 5.54. The van der Waals surface area contributed by atoms with E-state index >= 15 is 0 Å². The van der Waals surface area contributed by atoms with Crippen molar-refractivity contribution < 1.29 is 9.59 Å². The first-order chi connectivity index (χ1) is 12.5. The number of nitrogens with zero attached hydrogens (tertiary/aromatic N) is 1. The van der Waals surface area contributed by atoms with Crippen LogP contribution < -0.4 is 11.1 Å². The number of carbonyl (C=O) groups excluding carboxylic acids is 2. The van der Waals surface area contributed by atoms with Crippen LogP contribution in [0.5, 0.6) is 0 Å². The van der Waals surface area contributed by atoms with Gasteiger partial charge in [-0.2, -0.15) is 0 Å². The lowest BCUT2D eigenvalue weighted by Crippen LogP contribution is -2.48. The maximum Gasteiger partial charge on any atom is 0.253 e. The fourth-order valence-corrected chi connectivity index (χ4v) is 4.29. The number of amides is 2. The second-order valence-corrected chi connectivity index (χ2v) is 8.08. The molecule has 1 aromatic carbocycles. The number of hydrogen-bond donors (Lipinski definition) is 2. The molecule has 0 radical (unpaired) electrons. The van der Waals surface area contributed by atoms with E-state index in [1.165, 1.54) is 0 Å². The van der Waals surface area contributed by atoms with E-state index in [-0.39, 0.29) is 23.8 Å². The molecule has 1 aliphatic carbocycles. The Balaban J connectivity index is 1.62. The number of halogens is 2.